The fourth-order valence-electron chi connectivity index (χ4n) is 0.235. The normalized spacial score (nSPS) is 8.44. The Bertz CT molecular complexity index is 140. The zero-order chi connectivity index (χ0) is 7.11. The van der Waals surface area contributed by atoms with E-state index in [4.69, 9.17) is 5.11 Å². The van der Waals surface area contributed by atoms with Gasteiger partial charge in [0, 0.05) is 6.54 Å². The van der Waals surface area contributed by atoms with E-state index in [2.05, 4.69) is 9.90 Å². The summed E-state index contributed by atoms with van der Waals surface area (Å²) in [4.78, 5) is 9.80. The molecular weight excluding hydrogens is 144 g/mol. The van der Waals surface area contributed by atoms with Gasteiger partial charge in [-0.2, -0.15) is 9.63 Å². The molecule has 0 fully saturated rings. The van der Waals surface area contributed by atoms with E-state index in [-0.39, 0.29) is 24.4 Å². The first-order chi connectivity index (χ1) is 4.27. The molecule has 0 bridgehead atoms. The molecule has 0 heterocycles. The van der Waals surface area contributed by atoms with E-state index in [0.717, 1.165) is 0 Å². The highest BCUT2D eigenvalue weighted by molar-refractivity contribution is 7.54. The molecule has 0 saturated heterocycles. The average Bonchev–Trinajstić information content (AvgIpc) is 1.80. The predicted molar refractivity (Wildman–Crippen MR) is 30.8 cm³/mol. The van der Waals surface area contributed by atoms with Crippen LogP contribution in [0.2, 0.25) is 0 Å². The van der Waals surface area contributed by atoms with Crippen LogP contribution in [0.4, 0.5) is 0 Å². The predicted octanol–water partition coefficient (Wildman–Crippen LogP) is -0.638. The lowest BCUT2D eigenvalue weighted by atomic mass is 10.4. The van der Waals surface area contributed by atoms with Gasteiger partial charge in [-0.15, -0.1) is 4.47 Å². The van der Waals surface area contributed by atoms with Gasteiger partial charge in [-0.3, -0.25) is 4.79 Å². The number of aliphatic carboxylic acids is 1. The Hall–Kier alpha value is -0.750. The molecule has 6 heteroatoms. The van der Waals surface area contributed by atoms with E-state index >= 15 is 0 Å². The second kappa shape index (κ2) is 5.39. The third-order valence-electron chi connectivity index (χ3n) is 0.552. The van der Waals surface area contributed by atoms with E-state index in [9.17, 15) is 9.00 Å². The van der Waals surface area contributed by atoms with Gasteiger partial charge in [0.15, 0.2) is 0 Å². The van der Waals surface area contributed by atoms with Crippen LogP contribution in [0.25, 0.3) is 0 Å². The standard InChI is InChI=1S/C3H6N2O3S/c6-3(7)1-2-4-5-9-8/h4H,1-2H2,(H,6,7). The van der Waals surface area contributed by atoms with Crippen molar-refractivity contribution in [2.24, 2.45) is 4.47 Å². The average molecular weight is 150 g/mol. The largest absolute Gasteiger partial charge is 0.481 e. The topological polar surface area (TPSA) is 78.8 Å². The van der Waals surface area contributed by atoms with Crippen molar-refractivity contribution in [2.45, 2.75) is 6.42 Å². The van der Waals surface area contributed by atoms with Crippen LogP contribution in [0.3, 0.4) is 0 Å². The van der Waals surface area contributed by atoms with Crippen LogP contribution >= 0.6 is 0 Å². The van der Waals surface area contributed by atoms with Crippen molar-refractivity contribution >= 4 is 17.4 Å². The smallest absolute Gasteiger partial charge is 0.304 e. The van der Waals surface area contributed by atoms with Crippen molar-refractivity contribution in [1.29, 1.82) is 0 Å². The molecule has 0 aliphatic heterocycles. The molecule has 0 unspecified atom stereocenters. The van der Waals surface area contributed by atoms with Gasteiger partial charge in [0.25, 0.3) is 0 Å². The lowest BCUT2D eigenvalue weighted by Gasteiger charge is -1.88. The Labute approximate surface area is 55.3 Å². The summed E-state index contributed by atoms with van der Waals surface area (Å²) in [7, 11) is 0. The van der Waals surface area contributed by atoms with Gasteiger partial charge in [-0.05, 0) is 0 Å². The molecule has 0 radical (unpaired) electrons. The molecule has 0 spiro atoms. The molecule has 0 rings (SSSR count). The number of carboxylic acid groups (broad SMARTS) is 1. The van der Waals surface area contributed by atoms with Gasteiger partial charge in [0.1, 0.15) is 0 Å². The van der Waals surface area contributed by atoms with Crippen LogP contribution in [0, 0.1) is 0 Å². The van der Waals surface area contributed by atoms with Crippen molar-refractivity contribution in [3.8, 4) is 0 Å². The van der Waals surface area contributed by atoms with Crippen LogP contribution < -0.4 is 5.43 Å². The quantitative estimate of drug-likeness (QED) is 0.413. The highest BCUT2D eigenvalue weighted by Gasteiger charge is 1.92. The van der Waals surface area contributed by atoms with Gasteiger partial charge >= 0.3 is 5.97 Å². The first kappa shape index (κ1) is 8.25. The number of carboxylic acids is 1. The summed E-state index contributed by atoms with van der Waals surface area (Å²) in [6.07, 6.45) is -0.0238. The third-order valence-corrected chi connectivity index (χ3v) is 0.756. The van der Waals surface area contributed by atoms with Crippen LogP contribution in [0.1, 0.15) is 6.42 Å². The summed E-state index contributed by atoms with van der Waals surface area (Å²) in [5, 5.41) is 8.05. The van der Waals surface area contributed by atoms with E-state index in [0.29, 0.717) is 0 Å². The zero-order valence-corrected chi connectivity index (χ0v) is 5.35. The Morgan fingerprint density at radius 1 is 1.78 bits per heavy atom. The third kappa shape index (κ3) is 7.25. The van der Waals surface area contributed by atoms with Crippen molar-refractivity contribution < 1.29 is 14.1 Å². The number of carbonyl (C=O) groups is 1. The van der Waals surface area contributed by atoms with Crippen molar-refractivity contribution in [3.05, 3.63) is 0 Å². The van der Waals surface area contributed by atoms with Gasteiger partial charge in [0.2, 0.25) is 11.5 Å². The minimum atomic E-state index is -0.909. The Balaban J connectivity index is 3.10. The maximum Gasteiger partial charge on any atom is 0.304 e. The van der Waals surface area contributed by atoms with Gasteiger partial charge in [-0.1, -0.05) is 0 Å². The van der Waals surface area contributed by atoms with Gasteiger partial charge in [-0.25, -0.2) is 0 Å². The summed E-state index contributed by atoms with van der Waals surface area (Å²) >= 11 is 0.0242. The van der Waals surface area contributed by atoms with Crippen LogP contribution in [0.15, 0.2) is 4.47 Å². The number of nitrogens with one attached hydrogen (secondary N) is 1. The molecule has 9 heavy (non-hydrogen) atoms. The van der Waals surface area contributed by atoms with E-state index in [1.54, 1.807) is 0 Å². The van der Waals surface area contributed by atoms with E-state index < -0.39 is 5.97 Å². The minimum Gasteiger partial charge on any atom is -0.481 e. The monoisotopic (exact) mass is 150 g/mol. The fraction of sp³-hybridized carbons (Fsp3) is 0.667. The molecule has 0 atom stereocenters. The lowest BCUT2D eigenvalue weighted by Crippen LogP contribution is -2.10. The fourth-order valence-corrected chi connectivity index (χ4v) is 0.379. The molecule has 0 aromatic rings. The summed E-state index contributed by atoms with van der Waals surface area (Å²) < 4.78 is 12.6. The Morgan fingerprint density at radius 2 is 2.44 bits per heavy atom. The van der Waals surface area contributed by atoms with Crippen molar-refractivity contribution in [1.82, 2.24) is 5.43 Å². The molecule has 0 amide bonds. The molecule has 0 aromatic carbocycles. The summed E-state index contributed by atoms with van der Waals surface area (Å²) in [6.45, 7) is 0.199. The second-order valence-electron chi connectivity index (χ2n) is 1.22. The number of nitrogens with zero attached hydrogens (tertiary/aromatic N) is 1. The molecule has 2 N–H and O–H groups in total. The molecular formula is C3H6N2O3S. The van der Waals surface area contributed by atoms with E-state index in [1.807, 2.05) is 0 Å². The summed E-state index contributed by atoms with van der Waals surface area (Å²) in [5.74, 6) is -0.909. The van der Waals surface area contributed by atoms with E-state index in [1.165, 1.54) is 0 Å². The highest BCUT2D eigenvalue weighted by atomic mass is 32.1. The van der Waals surface area contributed by atoms with Crippen molar-refractivity contribution in [3.63, 3.8) is 0 Å². The maximum absolute atomic E-state index is 9.80. The van der Waals surface area contributed by atoms with Crippen LogP contribution in [0.5, 0.6) is 0 Å². The molecule has 0 aliphatic rings. The number of hydrogen-bond donors (Lipinski definition) is 2. The highest BCUT2D eigenvalue weighted by Crippen LogP contribution is 1.73. The summed E-state index contributed by atoms with van der Waals surface area (Å²) in [5.41, 5.74) is 2.26. The van der Waals surface area contributed by atoms with Gasteiger partial charge in [0.05, 0.1) is 6.42 Å². The van der Waals surface area contributed by atoms with Crippen molar-refractivity contribution in [2.75, 3.05) is 6.54 Å². The number of rotatable bonds is 4. The van der Waals surface area contributed by atoms with Gasteiger partial charge < -0.3 is 5.11 Å². The lowest BCUT2D eigenvalue weighted by molar-refractivity contribution is -0.136. The molecule has 0 aromatic heterocycles. The zero-order valence-electron chi connectivity index (χ0n) is 4.53. The Morgan fingerprint density at radius 3 is 2.89 bits per heavy atom. The SMILES string of the molecule is O=S=NNCCC(=O)O. The maximum atomic E-state index is 9.80. The molecule has 5 nitrogen and oxygen atoms in total. The first-order valence-corrected chi connectivity index (χ1v) is 2.91. The second-order valence-corrected chi connectivity index (χ2v) is 1.55. The number of hydrogen-bond acceptors (Lipinski definition) is 3. The first-order valence-electron chi connectivity index (χ1n) is 2.21. The van der Waals surface area contributed by atoms with Crippen LogP contribution in [-0.4, -0.2) is 21.8 Å². The van der Waals surface area contributed by atoms with Crippen LogP contribution in [-0.2, 0) is 16.3 Å². The molecule has 0 aliphatic carbocycles. The molecule has 0 saturated carbocycles. The summed E-state index contributed by atoms with van der Waals surface area (Å²) in [6, 6.07) is 0. The minimum absolute atomic E-state index is 0.0238. The molecule has 52 valence electrons. The Kier molecular flexibility index (Phi) is 4.94.